The Hall–Kier alpha value is -2.59. The van der Waals surface area contributed by atoms with Gasteiger partial charge in [-0.05, 0) is 83.9 Å². The molecule has 3 aromatic rings. The van der Waals surface area contributed by atoms with Crippen LogP contribution in [0, 0.1) is 0 Å². The van der Waals surface area contributed by atoms with Gasteiger partial charge in [-0.25, -0.2) is 0 Å². The van der Waals surface area contributed by atoms with Crippen LogP contribution in [-0.2, 0) is 11.0 Å². The molecule has 0 saturated heterocycles. The second-order valence-electron chi connectivity index (χ2n) is 10.7. The average molecular weight is 429 g/mol. The predicted molar refractivity (Wildman–Crippen MR) is 131 cm³/mol. The fraction of sp³-hybridized carbons (Fsp3) is 0.464. The van der Waals surface area contributed by atoms with Gasteiger partial charge in [-0.15, -0.1) is 0 Å². The normalized spacial score (nSPS) is 16.7. The van der Waals surface area contributed by atoms with E-state index in [1.54, 1.807) is 6.20 Å². The van der Waals surface area contributed by atoms with Crippen LogP contribution in [0.2, 0.25) is 0 Å². The van der Waals surface area contributed by atoms with Gasteiger partial charge in [0.1, 0.15) is 0 Å². The molecular formula is C28H36N4. The summed E-state index contributed by atoms with van der Waals surface area (Å²) in [5.41, 5.74) is 4.88. The molecule has 1 aliphatic carbocycles. The van der Waals surface area contributed by atoms with Gasteiger partial charge in [0.05, 0.1) is 28.3 Å². The van der Waals surface area contributed by atoms with Gasteiger partial charge in [0, 0.05) is 28.9 Å². The highest BCUT2D eigenvalue weighted by Gasteiger charge is 2.39. The largest absolute Gasteiger partial charge is 0.301 e. The van der Waals surface area contributed by atoms with Crippen LogP contribution < -0.4 is 5.32 Å². The number of rotatable bonds is 5. The highest BCUT2D eigenvalue weighted by molar-refractivity contribution is 5.58. The van der Waals surface area contributed by atoms with Crippen LogP contribution in [0.25, 0.3) is 11.3 Å². The maximum absolute atomic E-state index is 5.29. The van der Waals surface area contributed by atoms with Gasteiger partial charge in [0.25, 0.3) is 0 Å². The molecule has 3 heterocycles. The van der Waals surface area contributed by atoms with Crippen molar-refractivity contribution in [3.63, 3.8) is 0 Å². The molecule has 0 amide bonds. The van der Waals surface area contributed by atoms with E-state index < -0.39 is 0 Å². The molecule has 32 heavy (non-hydrogen) atoms. The van der Waals surface area contributed by atoms with Gasteiger partial charge in [-0.1, -0.05) is 31.4 Å². The van der Waals surface area contributed by atoms with Crippen LogP contribution in [0.15, 0.2) is 60.9 Å². The molecule has 1 fully saturated rings. The van der Waals surface area contributed by atoms with Crippen LogP contribution in [0.5, 0.6) is 0 Å². The summed E-state index contributed by atoms with van der Waals surface area (Å²) in [6.07, 6.45) is 9.72. The minimum Gasteiger partial charge on any atom is -0.301 e. The summed E-state index contributed by atoms with van der Waals surface area (Å²) in [6.45, 7) is 11.2. The molecule has 3 aromatic heterocycles. The van der Waals surface area contributed by atoms with Crippen molar-refractivity contribution < 1.29 is 0 Å². The number of hydrogen-bond donors (Lipinski definition) is 1. The first kappa shape index (κ1) is 22.6. The molecule has 4 heteroatoms. The van der Waals surface area contributed by atoms with E-state index in [0.29, 0.717) is 0 Å². The number of pyridine rings is 3. The minimum atomic E-state index is -0.314. The molecule has 0 radical (unpaired) electrons. The lowest BCUT2D eigenvalue weighted by Crippen LogP contribution is -2.53. The van der Waals surface area contributed by atoms with Crippen molar-refractivity contribution >= 4 is 0 Å². The molecular weight excluding hydrogens is 392 g/mol. The van der Waals surface area contributed by atoms with Crippen LogP contribution in [0.3, 0.4) is 0 Å². The Bertz CT molecular complexity index is 1040. The van der Waals surface area contributed by atoms with Crippen molar-refractivity contribution in [1.82, 2.24) is 20.3 Å². The zero-order chi connectivity index (χ0) is 22.8. The highest BCUT2D eigenvalue weighted by atomic mass is 15.1. The lowest BCUT2D eigenvalue weighted by molar-refractivity contribution is 0.174. The first-order valence-corrected chi connectivity index (χ1v) is 11.8. The van der Waals surface area contributed by atoms with E-state index in [2.05, 4.69) is 81.3 Å². The molecule has 4 nitrogen and oxygen atoms in total. The monoisotopic (exact) mass is 428 g/mol. The Kier molecular flexibility index (Phi) is 6.17. The molecule has 0 unspecified atom stereocenters. The van der Waals surface area contributed by atoms with Crippen LogP contribution >= 0.6 is 0 Å². The predicted octanol–water partition coefficient (Wildman–Crippen LogP) is 6.41. The zero-order valence-corrected chi connectivity index (χ0v) is 20.2. The van der Waals surface area contributed by atoms with Gasteiger partial charge in [0.15, 0.2) is 0 Å². The van der Waals surface area contributed by atoms with E-state index in [1.165, 1.54) is 25.0 Å². The highest BCUT2D eigenvalue weighted by Crippen LogP contribution is 2.39. The van der Waals surface area contributed by atoms with Crippen LogP contribution in [0.1, 0.15) is 83.8 Å². The van der Waals surface area contributed by atoms with Crippen molar-refractivity contribution in [2.24, 2.45) is 0 Å². The third kappa shape index (κ3) is 4.75. The van der Waals surface area contributed by atoms with Gasteiger partial charge >= 0.3 is 0 Å². The molecule has 0 aromatic carbocycles. The van der Waals surface area contributed by atoms with Crippen molar-refractivity contribution in [1.29, 1.82) is 0 Å². The third-order valence-electron chi connectivity index (χ3n) is 6.55. The van der Waals surface area contributed by atoms with Crippen LogP contribution in [0.4, 0.5) is 0 Å². The van der Waals surface area contributed by atoms with E-state index in [9.17, 15) is 0 Å². The fourth-order valence-electron chi connectivity index (χ4n) is 4.96. The Labute approximate surface area is 192 Å². The number of aromatic nitrogens is 3. The lowest BCUT2D eigenvalue weighted by Gasteiger charge is -2.43. The summed E-state index contributed by atoms with van der Waals surface area (Å²) in [4.78, 5) is 14.6. The lowest BCUT2D eigenvalue weighted by atomic mass is 9.76. The van der Waals surface area contributed by atoms with Crippen LogP contribution in [-0.4, -0.2) is 20.5 Å². The first-order chi connectivity index (χ1) is 15.2. The van der Waals surface area contributed by atoms with Gasteiger partial charge in [-0.3, -0.25) is 15.0 Å². The average Bonchev–Trinajstić information content (AvgIpc) is 2.79. The summed E-state index contributed by atoms with van der Waals surface area (Å²) in [6, 6.07) is 16.8. The summed E-state index contributed by atoms with van der Waals surface area (Å²) >= 11 is 0. The van der Waals surface area contributed by atoms with Crippen molar-refractivity contribution in [2.75, 3.05) is 0 Å². The Balaban J connectivity index is 1.72. The second kappa shape index (κ2) is 8.74. The Morgan fingerprint density at radius 2 is 1.47 bits per heavy atom. The molecule has 0 atom stereocenters. The number of nitrogens with one attached hydrogen (secondary N) is 1. The Morgan fingerprint density at radius 1 is 0.781 bits per heavy atom. The number of hydrogen-bond acceptors (Lipinski definition) is 4. The molecule has 0 bridgehead atoms. The molecule has 1 N–H and O–H groups in total. The summed E-state index contributed by atoms with van der Waals surface area (Å²) in [5.74, 6) is 0. The third-order valence-corrected chi connectivity index (χ3v) is 6.55. The van der Waals surface area contributed by atoms with Crippen molar-refractivity contribution in [2.45, 2.75) is 83.2 Å². The quantitative estimate of drug-likeness (QED) is 0.510. The zero-order valence-electron chi connectivity index (χ0n) is 20.2. The molecule has 4 rings (SSSR count). The molecule has 168 valence electrons. The molecule has 0 aliphatic heterocycles. The fourth-order valence-corrected chi connectivity index (χ4v) is 4.96. The smallest absolute Gasteiger partial charge is 0.0721 e. The maximum atomic E-state index is 5.29. The van der Waals surface area contributed by atoms with Gasteiger partial charge in [0.2, 0.25) is 0 Å². The molecule has 1 saturated carbocycles. The Morgan fingerprint density at radius 3 is 2.12 bits per heavy atom. The SMILES string of the molecule is CC(C)(C)NC1(c2cccc(C(C)(C)c3cccc(-c4cccnc4)n3)n2)CCCCC1. The van der Waals surface area contributed by atoms with E-state index >= 15 is 0 Å². The van der Waals surface area contributed by atoms with Crippen molar-refractivity contribution in [3.05, 3.63) is 78.0 Å². The molecule has 1 aliphatic rings. The minimum absolute atomic E-state index is 0.0319. The first-order valence-electron chi connectivity index (χ1n) is 11.8. The van der Waals surface area contributed by atoms with E-state index in [0.717, 1.165) is 35.5 Å². The van der Waals surface area contributed by atoms with E-state index in [4.69, 9.17) is 9.97 Å². The van der Waals surface area contributed by atoms with Gasteiger partial charge < -0.3 is 5.32 Å². The standard InChI is InChI=1S/C28H36N4/c1-26(2,3)32-28(17-7-6-8-18-28)25-16-10-15-24(31-25)27(4,5)23-14-9-13-22(30-23)21-12-11-19-29-20-21/h9-16,19-20,32H,6-8,17-18H2,1-5H3. The van der Waals surface area contributed by atoms with E-state index in [1.807, 2.05) is 18.3 Å². The van der Waals surface area contributed by atoms with Gasteiger partial charge in [-0.2, -0.15) is 0 Å². The summed E-state index contributed by atoms with van der Waals surface area (Å²) < 4.78 is 0. The van der Waals surface area contributed by atoms with Crippen molar-refractivity contribution in [3.8, 4) is 11.3 Å². The maximum Gasteiger partial charge on any atom is 0.0721 e. The second-order valence-corrected chi connectivity index (χ2v) is 10.7. The molecule has 0 spiro atoms. The number of nitrogens with zero attached hydrogens (tertiary/aromatic N) is 3. The summed E-state index contributed by atoms with van der Waals surface area (Å²) in [5, 5.41) is 3.95. The topological polar surface area (TPSA) is 50.7 Å². The summed E-state index contributed by atoms with van der Waals surface area (Å²) in [7, 11) is 0. The van der Waals surface area contributed by atoms with E-state index in [-0.39, 0.29) is 16.5 Å².